The lowest BCUT2D eigenvalue weighted by atomic mass is 10.1. The molecule has 5 nitrogen and oxygen atoms in total. The van der Waals surface area contributed by atoms with Gasteiger partial charge in [-0.1, -0.05) is 11.6 Å². The van der Waals surface area contributed by atoms with Crippen LogP contribution in [0.25, 0.3) is 0 Å². The summed E-state index contributed by atoms with van der Waals surface area (Å²) in [7, 11) is 2.77. The Bertz CT molecular complexity index is 381. The van der Waals surface area contributed by atoms with E-state index in [2.05, 4.69) is 0 Å². The number of nitrogens with one attached hydrogen (secondary N) is 1. The van der Waals surface area contributed by atoms with Crippen molar-refractivity contribution in [3.63, 3.8) is 0 Å². The van der Waals surface area contributed by atoms with E-state index in [1.54, 1.807) is 0 Å². The summed E-state index contributed by atoms with van der Waals surface area (Å²) in [4.78, 5) is 11.3. The van der Waals surface area contributed by atoms with Crippen LogP contribution in [0, 0.1) is 0 Å². The van der Waals surface area contributed by atoms with Crippen LogP contribution in [0.1, 0.15) is 10.4 Å². The van der Waals surface area contributed by atoms with Crippen LogP contribution in [-0.4, -0.2) is 25.3 Å². The van der Waals surface area contributed by atoms with E-state index in [0.717, 1.165) is 0 Å². The molecule has 0 aliphatic heterocycles. The maximum atomic E-state index is 11.3. The van der Waals surface area contributed by atoms with Gasteiger partial charge in [-0.3, -0.25) is 10.0 Å². The van der Waals surface area contributed by atoms with E-state index in [4.69, 9.17) is 26.3 Å². The average molecular weight is 232 g/mol. The van der Waals surface area contributed by atoms with Crippen LogP contribution >= 0.6 is 11.6 Å². The van der Waals surface area contributed by atoms with Crippen molar-refractivity contribution in [1.29, 1.82) is 0 Å². The van der Waals surface area contributed by atoms with Gasteiger partial charge >= 0.3 is 0 Å². The molecule has 0 bridgehead atoms. The van der Waals surface area contributed by atoms with E-state index < -0.39 is 5.91 Å². The summed E-state index contributed by atoms with van der Waals surface area (Å²) in [6.07, 6.45) is 0. The zero-order valence-corrected chi connectivity index (χ0v) is 8.96. The SMILES string of the molecule is COc1ccc(Cl)c(OC)c1C(=O)NO. The molecule has 0 fully saturated rings. The van der Waals surface area contributed by atoms with Gasteiger partial charge in [0.1, 0.15) is 11.3 Å². The summed E-state index contributed by atoms with van der Waals surface area (Å²) in [6.45, 7) is 0. The highest BCUT2D eigenvalue weighted by molar-refractivity contribution is 6.32. The monoisotopic (exact) mass is 231 g/mol. The van der Waals surface area contributed by atoms with Gasteiger partial charge < -0.3 is 9.47 Å². The third-order valence-electron chi connectivity index (χ3n) is 1.82. The minimum atomic E-state index is -0.744. The van der Waals surface area contributed by atoms with Crippen LogP contribution in [0.5, 0.6) is 11.5 Å². The van der Waals surface area contributed by atoms with Crippen LogP contribution in [-0.2, 0) is 0 Å². The Balaban J connectivity index is 3.40. The minimum absolute atomic E-state index is 0.0509. The summed E-state index contributed by atoms with van der Waals surface area (Å²) in [5.74, 6) is -0.323. The van der Waals surface area contributed by atoms with E-state index in [1.165, 1.54) is 31.8 Å². The number of hydroxylamine groups is 1. The van der Waals surface area contributed by atoms with Crippen molar-refractivity contribution >= 4 is 17.5 Å². The van der Waals surface area contributed by atoms with Crippen molar-refractivity contribution in [2.45, 2.75) is 0 Å². The molecule has 0 unspecified atom stereocenters. The standard InChI is InChI=1S/C9H10ClNO4/c1-14-6-4-3-5(10)8(15-2)7(6)9(12)11-13/h3-4,13H,1-2H3,(H,11,12). The summed E-state index contributed by atoms with van der Waals surface area (Å²) in [5, 5.41) is 8.83. The second-order valence-corrected chi connectivity index (χ2v) is 3.01. The van der Waals surface area contributed by atoms with Crippen molar-refractivity contribution in [3.05, 3.63) is 22.7 Å². The second-order valence-electron chi connectivity index (χ2n) is 2.60. The Morgan fingerprint density at radius 1 is 1.40 bits per heavy atom. The molecular formula is C9H10ClNO4. The molecule has 0 saturated carbocycles. The van der Waals surface area contributed by atoms with Crippen LogP contribution in [0.4, 0.5) is 0 Å². The topological polar surface area (TPSA) is 67.8 Å². The number of carbonyl (C=O) groups is 1. The van der Waals surface area contributed by atoms with Gasteiger partial charge in [-0.15, -0.1) is 0 Å². The van der Waals surface area contributed by atoms with E-state index in [-0.39, 0.29) is 22.1 Å². The Labute approximate surface area is 91.5 Å². The van der Waals surface area contributed by atoms with Crippen molar-refractivity contribution in [1.82, 2.24) is 5.48 Å². The first-order valence-electron chi connectivity index (χ1n) is 4.00. The third kappa shape index (κ3) is 2.14. The molecule has 0 radical (unpaired) electrons. The molecule has 0 aliphatic carbocycles. The zero-order valence-electron chi connectivity index (χ0n) is 8.20. The van der Waals surface area contributed by atoms with Crippen molar-refractivity contribution in [3.8, 4) is 11.5 Å². The highest BCUT2D eigenvalue weighted by atomic mass is 35.5. The highest BCUT2D eigenvalue weighted by Crippen LogP contribution is 2.34. The predicted molar refractivity (Wildman–Crippen MR) is 53.8 cm³/mol. The van der Waals surface area contributed by atoms with Gasteiger partial charge in [0.05, 0.1) is 19.2 Å². The lowest BCUT2D eigenvalue weighted by Gasteiger charge is -2.12. The van der Waals surface area contributed by atoms with Crippen LogP contribution in [0.15, 0.2) is 12.1 Å². The maximum absolute atomic E-state index is 11.3. The van der Waals surface area contributed by atoms with Crippen LogP contribution in [0.3, 0.4) is 0 Å². The molecule has 1 amide bonds. The van der Waals surface area contributed by atoms with Gasteiger partial charge in [0.2, 0.25) is 0 Å². The zero-order chi connectivity index (χ0) is 11.4. The molecule has 0 heterocycles. The molecule has 0 saturated heterocycles. The average Bonchev–Trinajstić information content (AvgIpc) is 2.27. The Hall–Kier alpha value is -1.46. The first-order valence-corrected chi connectivity index (χ1v) is 4.38. The molecule has 0 atom stereocenters. The normalized spacial score (nSPS) is 9.60. The summed E-state index contributed by atoms with van der Waals surface area (Å²) >= 11 is 5.82. The number of hydrogen-bond acceptors (Lipinski definition) is 4. The van der Waals surface area contributed by atoms with Crippen molar-refractivity contribution in [2.75, 3.05) is 14.2 Å². The van der Waals surface area contributed by atoms with Gasteiger partial charge in [-0.05, 0) is 12.1 Å². The lowest BCUT2D eigenvalue weighted by Crippen LogP contribution is -2.20. The van der Waals surface area contributed by atoms with E-state index in [1.807, 2.05) is 0 Å². The molecule has 1 rings (SSSR count). The molecule has 15 heavy (non-hydrogen) atoms. The van der Waals surface area contributed by atoms with Gasteiger partial charge in [0.15, 0.2) is 5.75 Å². The minimum Gasteiger partial charge on any atom is -0.496 e. The quantitative estimate of drug-likeness (QED) is 0.611. The smallest absolute Gasteiger partial charge is 0.282 e. The summed E-state index contributed by atoms with van der Waals surface area (Å²) < 4.78 is 9.91. The van der Waals surface area contributed by atoms with Gasteiger partial charge in [0.25, 0.3) is 5.91 Å². The fraction of sp³-hybridized carbons (Fsp3) is 0.222. The molecule has 2 N–H and O–H groups in total. The molecule has 0 spiro atoms. The molecule has 6 heteroatoms. The van der Waals surface area contributed by atoms with E-state index in [0.29, 0.717) is 0 Å². The van der Waals surface area contributed by atoms with Gasteiger partial charge in [-0.25, -0.2) is 5.48 Å². The Morgan fingerprint density at radius 3 is 2.53 bits per heavy atom. The second kappa shape index (κ2) is 4.86. The first-order chi connectivity index (χ1) is 7.15. The molecule has 0 aromatic heterocycles. The highest BCUT2D eigenvalue weighted by Gasteiger charge is 2.20. The Kier molecular flexibility index (Phi) is 3.76. The molecule has 1 aromatic rings. The maximum Gasteiger partial charge on any atom is 0.282 e. The fourth-order valence-corrected chi connectivity index (χ4v) is 1.41. The van der Waals surface area contributed by atoms with Gasteiger partial charge in [0, 0.05) is 0 Å². The molecule has 1 aromatic carbocycles. The number of ether oxygens (including phenoxy) is 2. The first kappa shape index (κ1) is 11.6. The van der Waals surface area contributed by atoms with Crippen molar-refractivity contribution in [2.24, 2.45) is 0 Å². The molecular weight excluding hydrogens is 222 g/mol. The fourth-order valence-electron chi connectivity index (χ4n) is 1.18. The number of hydrogen-bond donors (Lipinski definition) is 2. The summed E-state index contributed by atoms with van der Waals surface area (Å²) in [5.41, 5.74) is 1.55. The number of rotatable bonds is 3. The molecule has 82 valence electrons. The van der Waals surface area contributed by atoms with Crippen molar-refractivity contribution < 1.29 is 19.5 Å². The molecule has 0 aliphatic rings. The number of carbonyl (C=O) groups excluding carboxylic acids is 1. The number of halogens is 1. The predicted octanol–water partition coefficient (Wildman–Crippen LogP) is 1.48. The summed E-state index contributed by atoms with van der Waals surface area (Å²) in [6, 6.07) is 3.04. The van der Waals surface area contributed by atoms with E-state index in [9.17, 15) is 4.79 Å². The van der Waals surface area contributed by atoms with Gasteiger partial charge in [-0.2, -0.15) is 0 Å². The van der Waals surface area contributed by atoms with E-state index >= 15 is 0 Å². The number of methoxy groups -OCH3 is 2. The number of benzene rings is 1. The van der Waals surface area contributed by atoms with Crippen LogP contribution in [0.2, 0.25) is 5.02 Å². The third-order valence-corrected chi connectivity index (χ3v) is 2.12. The number of amides is 1. The lowest BCUT2D eigenvalue weighted by molar-refractivity contribution is 0.0699. The van der Waals surface area contributed by atoms with Crippen LogP contribution < -0.4 is 15.0 Å². The largest absolute Gasteiger partial charge is 0.496 e. The Morgan fingerprint density at radius 2 is 2.07 bits per heavy atom.